The van der Waals surface area contributed by atoms with Crippen LogP contribution in [0.4, 0.5) is 11.8 Å². The summed E-state index contributed by atoms with van der Waals surface area (Å²) in [7, 11) is 0. The molecule has 1 saturated heterocycles. The molecule has 28 heavy (non-hydrogen) atoms. The summed E-state index contributed by atoms with van der Waals surface area (Å²) >= 11 is 0. The normalized spacial score (nSPS) is 15.7. The molecule has 0 spiro atoms. The van der Waals surface area contributed by atoms with Gasteiger partial charge in [0.1, 0.15) is 25.5 Å². The Balaban J connectivity index is 1.42. The fraction of sp³-hybridized carbons (Fsp3) is 0.389. The minimum absolute atomic E-state index is 0.0258. The van der Waals surface area contributed by atoms with E-state index in [4.69, 9.17) is 0 Å². The quantitative estimate of drug-likeness (QED) is 0.679. The number of anilines is 2. The third kappa shape index (κ3) is 4.01. The van der Waals surface area contributed by atoms with Gasteiger partial charge in [-0.1, -0.05) is 6.07 Å². The van der Waals surface area contributed by atoms with Gasteiger partial charge in [-0.3, -0.25) is 19.6 Å². The van der Waals surface area contributed by atoms with Crippen LogP contribution in [0.1, 0.15) is 18.5 Å². The molecule has 0 radical (unpaired) electrons. The van der Waals surface area contributed by atoms with Crippen molar-refractivity contribution in [2.75, 3.05) is 36.8 Å². The molecule has 0 unspecified atom stereocenters. The highest BCUT2D eigenvalue weighted by Crippen LogP contribution is 2.17. The van der Waals surface area contributed by atoms with Gasteiger partial charge in [-0.2, -0.15) is 0 Å². The van der Waals surface area contributed by atoms with Crippen LogP contribution in [-0.4, -0.2) is 58.2 Å². The number of carbonyl (C=O) groups excluding carboxylic acids is 1. The highest BCUT2D eigenvalue weighted by molar-refractivity contribution is 5.78. The van der Waals surface area contributed by atoms with E-state index in [9.17, 15) is 9.59 Å². The van der Waals surface area contributed by atoms with Crippen LogP contribution in [0.15, 0.2) is 40.2 Å². The first-order valence-electron chi connectivity index (χ1n) is 9.27. The van der Waals surface area contributed by atoms with Crippen molar-refractivity contribution in [3.63, 3.8) is 0 Å². The first-order chi connectivity index (χ1) is 13.7. The first kappa shape index (κ1) is 18.1. The summed E-state index contributed by atoms with van der Waals surface area (Å²) in [5, 5.41) is 10.0. The molecule has 0 saturated carbocycles. The molecule has 1 fully saturated rings. The molecule has 0 aromatic carbocycles. The molecule has 10 nitrogen and oxygen atoms in total. The molecule has 4 rings (SSSR count). The van der Waals surface area contributed by atoms with Crippen molar-refractivity contribution in [1.82, 2.24) is 24.9 Å². The molecule has 2 aliphatic rings. The van der Waals surface area contributed by atoms with Crippen molar-refractivity contribution in [2.45, 2.75) is 19.3 Å². The van der Waals surface area contributed by atoms with Gasteiger partial charge in [-0.05, 0) is 25.0 Å². The number of nitrogens with one attached hydrogen (secondary N) is 2. The first-order valence-corrected chi connectivity index (χ1v) is 9.27. The van der Waals surface area contributed by atoms with Crippen LogP contribution in [-0.2, 0) is 11.2 Å². The van der Waals surface area contributed by atoms with Crippen molar-refractivity contribution < 1.29 is 4.79 Å². The lowest BCUT2D eigenvalue weighted by Gasteiger charge is -2.32. The number of rotatable bonds is 6. The van der Waals surface area contributed by atoms with Crippen molar-refractivity contribution in [2.24, 2.45) is 4.99 Å². The maximum Gasteiger partial charge on any atom is 0.260 e. The van der Waals surface area contributed by atoms with E-state index in [-0.39, 0.29) is 17.9 Å². The van der Waals surface area contributed by atoms with Crippen LogP contribution in [0.5, 0.6) is 0 Å². The van der Waals surface area contributed by atoms with Crippen molar-refractivity contribution in [3.05, 3.63) is 46.5 Å². The van der Waals surface area contributed by atoms with Crippen LogP contribution in [0.3, 0.4) is 0 Å². The van der Waals surface area contributed by atoms with Gasteiger partial charge in [0.2, 0.25) is 11.9 Å². The predicted octanol–water partition coefficient (Wildman–Crippen LogP) is 0.0313. The number of fused-ring (bicyclic) bond motifs is 1. The highest BCUT2D eigenvalue weighted by atomic mass is 16.2. The number of hydrogen-bond acceptors (Lipinski definition) is 8. The Hall–Kier alpha value is -3.27. The average Bonchev–Trinajstić information content (AvgIpc) is 3.23. The number of hydrogen-bond donors (Lipinski definition) is 2. The smallest absolute Gasteiger partial charge is 0.260 e. The lowest BCUT2D eigenvalue weighted by Crippen LogP contribution is -2.48. The fourth-order valence-corrected chi connectivity index (χ4v) is 3.27. The number of aromatic nitrogens is 3. The topological polar surface area (TPSA) is 108 Å². The molecule has 2 aromatic rings. The molecule has 10 heteroatoms. The molecular weight excluding hydrogens is 360 g/mol. The predicted molar refractivity (Wildman–Crippen MR) is 105 cm³/mol. The molecule has 146 valence electrons. The van der Waals surface area contributed by atoms with E-state index >= 15 is 0 Å². The van der Waals surface area contributed by atoms with Gasteiger partial charge in [0, 0.05) is 25.4 Å². The van der Waals surface area contributed by atoms with Crippen LogP contribution in [0.2, 0.25) is 0 Å². The van der Waals surface area contributed by atoms with Crippen LogP contribution in [0, 0.1) is 0 Å². The van der Waals surface area contributed by atoms with Gasteiger partial charge < -0.3 is 10.6 Å². The fourth-order valence-electron chi connectivity index (χ4n) is 3.27. The third-order valence-electron chi connectivity index (χ3n) is 4.64. The van der Waals surface area contributed by atoms with Crippen LogP contribution in [0.25, 0.3) is 0 Å². The monoisotopic (exact) mass is 382 g/mol. The second kappa shape index (κ2) is 8.17. The van der Waals surface area contributed by atoms with E-state index in [0.29, 0.717) is 25.0 Å². The molecular formula is C18H22N8O2. The average molecular weight is 382 g/mol. The van der Waals surface area contributed by atoms with Gasteiger partial charge in [0.05, 0.1) is 12.1 Å². The summed E-state index contributed by atoms with van der Waals surface area (Å²) in [6, 6.07) is 7.07. The highest BCUT2D eigenvalue weighted by Gasteiger charge is 2.21. The third-order valence-corrected chi connectivity index (χ3v) is 4.64. The summed E-state index contributed by atoms with van der Waals surface area (Å²) in [4.78, 5) is 37.3. The minimum atomic E-state index is -0.268. The zero-order valence-electron chi connectivity index (χ0n) is 15.4. The van der Waals surface area contributed by atoms with Crippen molar-refractivity contribution in [3.8, 4) is 0 Å². The number of pyridine rings is 1. The SMILES string of the molecule is O=C(Cc1cc(=O)n2c(n1)NCN=C2)NCN(c1ccccn1)N1CCCC1. The van der Waals surface area contributed by atoms with Gasteiger partial charge in [0.15, 0.2) is 0 Å². The molecule has 0 atom stereocenters. The zero-order chi connectivity index (χ0) is 19.3. The molecule has 0 bridgehead atoms. The molecule has 0 aliphatic carbocycles. The standard InChI is InChI=1S/C18H22N8O2/c27-16(9-14-10-17(28)25-12-19-11-21-18(25)23-14)22-13-26(24-7-3-4-8-24)15-5-1-2-6-20-15/h1-2,5-6,10,12H,3-4,7-9,11,13H2,(H,21,23)(H,22,27). The molecule has 1 amide bonds. The Morgan fingerprint density at radius 3 is 2.93 bits per heavy atom. The molecule has 2 aromatic heterocycles. The summed E-state index contributed by atoms with van der Waals surface area (Å²) in [5.74, 6) is 0.984. The summed E-state index contributed by atoms with van der Waals surface area (Å²) in [5.41, 5.74) is 0.151. The van der Waals surface area contributed by atoms with Gasteiger partial charge >= 0.3 is 0 Å². The number of nitrogens with zero attached hydrogens (tertiary/aromatic N) is 6. The molecule has 2 aliphatic heterocycles. The van der Waals surface area contributed by atoms with Crippen molar-refractivity contribution >= 4 is 24.0 Å². The maximum absolute atomic E-state index is 12.5. The van der Waals surface area contributed by atoms with Crippen molar-refractivity contribution in [1.29, 1.82) is 0 Å². The maximum atomic E-state index is 12.5. The largest absolute Gasteiger partial charge is 0.337 e. The van der Waals surface area contributed by atoms with Crippen LogP contribution < -0.4 is 21.2 Å². The Morgan fingerprint density at radius 1 is 1.29 bits per heavy atom. The lowest BCUT2D eigenvalue weighted by atomic mass is 10.3. The van der Waals surface area contributed by atoms with Gasteiger partial charge in [-0.25, -0.2) is 19.5 Å². The number of hydrazine groups is 1. The van der Waals surface area contributed by atoms with E-state index in [2.05, 4.69) is 30.6 Å². The Labute approximate surface area is 161 Å². The number of amides is 1. The second-order valence-electron chi connectivity index (χ2n) is 6.60. The van der Waals surface area contributed by atoms with Gasteiger partial charge in [-0.15, -0.1) is 0 Å². The number of aliphatic imine (C=N–C) groups is 1. The van der Waals surface area contributed by atoms with E-state index in [1.165, 1.54) is 17.0 Å². The van der Waals surface area contributed by atoms with E-state index < -0.39 is 0 Å². The van der Waals surface area contributed by atoms with Gasteiger partial charge in [0.25, 0.3) is 5.56 Å². The Morgan fingerprint density at radius 2 is 2.14 bits per heavy atom. The second-order valence-corrected chi connectivity index (χ2v) is 6.60. The van der Waals surface area contributed by atoms with E-state index in [1.54, 1.807) is 6.20 Å². The molecule has 4 heterocycles. The lowest BCUT2D eigenvalue weighted by molar-refractivity contribution is -0.120. The Bertz CT molecular complexity index is 921. The summed E-state index contributed by atoms with van der Waals surface area (Å²) in [6.45, 7) is 2.53. The minimum Gasteiger partial charge on any atom is -0.337 e. The van der Waals surface area contributed by atoms with E-state index in [1.807, 2.05) is 23.2 Å². The summed E-state index contributed by atoms with van der Waals surface area (Å²) < 4.78 is 1.32. The zero-order valence-corrected chi connectivity index (χ0v) is 15.4. The number of carbonyl (C=O) groups is 1. The summed E-state index contributed by atoms with van der Waals surface area (Å²) in [6.07, 6.45) is 5.44. The Kier molecular flexibility index (Phi) is 5.29. The van der Waals surface area contributed by atoms with Crippen LogP contribution >= 0.6 is 0 Å². The van der Waals surface area contributed by atoms with E-state index in [0.717, 1.165) is 31.7 Å². The molecule has 2 N–H and O–H groups in total.